The third-order valence-corrected chi connectivity index (χ3v) is 4.86. The maximum Gasteiger partial charge on any atom is 0.264 e. The summed E-state index contributed by atoms with van der Waals surface area (Å²) >= 11 is 6.03. The number of aromatic nitrogens is 4. The Morgan fingerprint density at radius 2 is 2.00 bits per heavy atom. The van der Waals surface area contributed by atoms with E-state index in [1.807, 2.05) is 17.0 Å². The van der Waals surface area contributed by atoms with Gasteiger partial charge in [0.2, 0.25) is 5.91 Å². The lowest BCUT2D eigenvalue weighted by Gasteiger charge is -2.26. The number of nitrogens with zero attached hydrogens (tertiary/aromatic N) is 5. The Kier molecular flexibility index (Phi) is 4.46. The number of hydrogen-bond donors (Lipinski definition) is 0. The van der Waals surface area contributed by atoms with Crippen molar-refractivity contribution < 1.29 is 4.79 Å². The maximum atomic E-state index is 12.7. The molecule has 8 heteroatoms. The average Bonchev–Trinajstić information content (AvgIpc) is 3.09. The highest BCUT2D eigenvalue weighted by molar-refractivity contribution is 6.30. The van der Waals surface area contributed by atoms with Gasteiger partial charge >= 0.3 is 0 Å². The van der Waals surface area contributed by atoms with Crippen molar-refractivity contribution in [2.45, 2.75) is 25.8 Å². The van der Waals surface area contributed by atoms with Gasteiger partial charge in [0.15, 0.2) is 5.65 Å². The molecule has 0 aliphatic carbocycles. The summed E-state index contributed by atoms with van der Waals surface area (Å²) in [7, 11) is 0. The number of halogens is 1. The molecule has 0 N–H and O–H groups in total. The number of benzene rings is 1. The van der Waals surface area contributed by atoms with E-state index in [9.17, 15) is 9.59 Å². The summed E-state index contributed by atoms with van der Waals surface area (Å²) in [5, 5.41) is 5.21. The molecule has 2 aromatic heterocycles. The molecule has 3 aromatic rings. The molecule has 0 spiro atoms. The molecule has 0 saturated carbocycles. The van der Waals surface area contributed by atoms with Crippen molar-refractivity contribution in [1.82, 2.24) is 24.2 Å². The Morgan fingerprint density at radius 3 is 2.77 bits per heavy atom. The average molecular weight is 372 g/mol. The zero-order valence-corrected chi connectivity index (χ0v) is 14.9. The number of carbonyl (C=O) groups excluding carboxylic acids is 1. The zero-order valence-electron chi connectivity index (χ0n) is 14.1. The summed E-state index contributed by atoms with van der Waals surface area (Å²) in [6.45, 7) is 1.52. The molecule has 26 heavy (non-hydrogen) atoms. The molecular formula is C18H18ClN5O2. The molecule has 0 radical (unpaired) electrons. The minimum Gasteiger partial charge on any atom is -0.341 e. The first-order chi connectivity index (χ1) is 12.6. The Morgan fingerprint density at radius 1 is 1.19 bits per heavy atom. The van der Waals surface area contributed by atoms with Crippen molar-refractivity contribution in [2.24, 2.45) is 0 Å². The first kappa shape index (κ1) is 16.8. The fraction of sp³-hybridized carbons (Fsp3) is 0.333. The van der Waals surface area contributed by atoms with E-state index in [2.05, 4.69) is 10.1 Å². The Labute approximate surface area is 154 Å². The Balaban J connectivity index is 1.66. The molecule has 0 bridgehead atoms. The zero-order chi connectivity index (χ0) is 18.1. The molecule has 3 heterocycles. The van der Waals surface area contributed by atoms with E-state index in [0.29, 0.717) is 16.1 Å². The van der Waals surface area contributed by atoms with Gasteiger partial charge in [0, 0.05) is 18.1 Å². The molecule has 1 amide bonds. The second kappa shape index (κ2) is 6.92. The number of likely N-dealkylation sites (tertiary alicyclic amines) is 1. The third-order valence-electron chi connectivity index (χ3n) is 4.62. The predicted molar refractivity (Wildman–Crippen MR) is 98.6 cm³/mol. The number of hydrogen-bond acceptors (Lipinski definition) is 4. The fourth-order valence-electron chi connectivity index (χ4n) is 3.25. The highest BCUT2D eigenvalue weighted by atomic mass is 35.5. The van der Waals surface area contributed by atoms with E-state index in [-0.39, 0.29) is 18.0 Å². The van der Waals surface area contributed by atoms with Crippen LogP contribution in [-0.2, 0) is 11.3 Å². The predicted octanol–water partition coefficient (Wildman–Crippen LogP) is 2.25. The lowest BCUT2D eigenvalue weighted by atomic mass is 10.1. The van der Waals surface area contributed by atoms with Gasteiger partial charge in [-0.2, -0.15) is 5.10 Å². The van der Waals surface area contributed by atoms with Crippen LogP contribution in [0.2, 0.25) is 5.02 Å². The molecule has 4 rings (SSSR count). The first-order valence-electron chi connectivity index (χ1n) is 8.60. The van der Waals surface area contributed by atoms with Gasteiger partial charge < -0.3 is 4.90 Å². The molecule has 1 fully saturated rings. The van der Waals surface area contributed by atoms with Crippen LogP contribution < -0.4 is 5.56 Å². The molecule has 7 nitrogen and oxygen atoms in total. The van der Waals surface area contributed by atoms with Crippen LogP contribution in [0.3, 0.4) is 0 Å². The monoisotopic (exact) mass is 371 g/mol. The molecule has 1 saturated heterocycles. The van der Waals surface area contributed by atoms with E-state index in [1.54, 1.807) is 16.8 Å². The normalized spacial score (nSPS) is 14.7. The van der Waals surface area contributed by atoms with Crippen molar-refractivity contribution in [2.75, 3.05) is 13.1 Å². The standard InChI is InChI=1S/C18H18ClN5O2/c19-13-5-4-6-14(9-13)24-17-15(10-21-24)18(26)23(12-20-17)11-16(25)22-7-2-1-3-8-22/h4-6,9-10,12H,1-3,7-8,11H2. The van der Waals surface area contributed by atoms with E-state index >= 15 is 0 Å². The van der Waals surface area contributed by atoms with Gasteiger partial charge in [-0.3, -0.25) is 14.2 Å². The van der Waals surface area contributed by atoms with Gasteiger partial charge in [-0.1, -0.05) is 17.7 Å². The second-order valence-electron chi connectivity index (χ2n) is 6.39. The van der Waals surface area contributed by atoms with Crippen LogP contribution in [0.25, 0.3) is 16.7 Å². The third kappa shape index (κ3) is 3.10. The van der Waals surface area contributed by atoms with Crippen molar-refractivity contribution in [3.63, 3.8) is 0 Å². The van der Waals surface area contributed by atoms with Gasteiger partial charge in [-0.15, -0.1) is 0 Å². The van der Waals surface area contributed by atoms with Crippen LogP contribution in [0.15, 0.2) is 41.6 Å². The van der Waals surface area contributed by atoms with Gasteiger partial charge in [-0.05, 0) is 37.5 Å². The molecule has 1 aliphatic heterocycles. The van der Waals surface area contributed by atoms with Crippen LogP contribution in [0.4, 0.5) is 0 Å². The van der Waals surface area contributed by atoms with E-state index < -0.39 is 0 Å². The molecule has 1 aliphatic rings. The highest BCUT2D eigenvalue weighted by Crippen LogP contribution is 2.17. The summed E-state index contributed by atoms with van der Waals surface area (Å²) in [5.41, 5.74) is 0.897. The molecule has 1 aromatic carbocycles. The van der Waals surface area contributed by atoms with Crippen molar-refractivity contribution >= 4 is 28.5 Å². The topological polar surface area (TPSA) is 73.0 Å². The Bertz CT molecular complexity index is 1020. The summed E-state index contributed by atoms with van der Waals surface area (Å²) in [6.07, 6.45) is 6.08. The second-order valence-corrected chi connectivity index (χ2v) is 6.83. The minimum absolute atomic E-state index is 0.00409. The van der Waals surface area contributed by atoms with Crippen molar-refractivity contribution in [3.05, 3.63) is 52.2 Å². The van der Waals surface area contributed by atoms with Gasteiger partial charge in [0.1, 0.15) is 18.3 Å². The fourth-order valence-corrected chi connectivity index (χ4v) is 3.43. The summed E-state index contributed by atoms with van der Waals surface area (Å²) in [6, 6.07) is 7.17. The van der Waals surface area contributed by atoms with Crippen LogP contribution >= 0.6 is 11.6 Å². The lowest BCUT2D eigenvalue weighted by Crippen LogP contribution is -2.39. The largest absolute Gasteiger partial charge is 0.341 e. The number of amides is 1. The van der Waals surface area contributed by atoms with Crippen LogP contribution in [-0.4, -0.2) is 43.2 Å². The van der Waals surface area contributed by atoms with Gasteiger partial charge in [0.25, 0.3) is 5.56 Å². The lowest BCUT2D eigenvalue weighted by molar-refractivity contribution is -0.132. The van der Waals surface area contributed by atoms with E-state index in [0.717, 1.165) is 38.0 Å². The van der Waals surface area contributed by atoms with Crippen LogP contribution in [0, 0.1) is 0 Å². The number of piperidine rings is 1. The smallest absolute Gasteiger partial charge is 0.264 e. The van der Waals surface area contributed by atoms with Crippen LogP contribution in [0.1, 0.15) is 19.3 Å². The van der Waals surface area contributed by atoms with E-state index in [1.165, 1.54) is 17.1 Å². The first-order valence-corrected chi connectivity index (χ1v) is 8.98. The highest BCUT2D eigenvalue weighted by Gasteiger charge is 2.18. The number of carbonyl (C=O) groups is 1. The molecule has 134 valence electrons. The van der Waals surface area contributed by atoms with Gasteiger partial charge in [0.05, 0.1) is 11.9 Å². The molecular weight excluding hydrogens is 354 g/mol. The number of rotatable bonds is 3. The summed E-state index contributed by atoms with van der Waals surface area (Å²) in [5.74, 6) is -0.0461. The summed E-state index contributed by atoms with van der Waals surface area (Å²) < 4.78 is 2.92. The summed E-state index contributed by atoms with van der Waals surface area (Å²) in [4.78, 5) is 31.3. The molecule has 0 atom stereocenters. The van der Waals surface area contributed by atoms with Crippen molar-refractivity contribution in [3.8, 4) is 5.69 Å². The van der Waals surface area contributed by atoms with Gasteiger partial charge in [-0.25, -0.2) is 9.67 Å². The minimum atomic E-state index is -0.270. The van der Waals surface area contributed by atoms with Crippen LogP contribution in [0.5, 0.6) is 0 Å². The molecule has 0 unspecified atom stereocenters. The maximum absolute atomic E-state index is 12.7. The quantitative estimate of drug-likeness (QED) is 0.707. The Hall–Kier alpha value is -2.67. The van der Waals surface area contributed by atoms with E-state index in [4.69, 9.17) is 11.6 Å². The van der Waals surface area contributed by atoms with Crippen molar-refractivity contribution in [1.29, 1.82) is 0 Å². The SMILES string of the molecule is O=C(Cn1cnc2c(cnn2-c2cccc(Cl)c2)c1=O)N1CCCCC1. The number of fused-ring (bicyclic) bond motifs is 1.